The van der Waals surface area contributed by atoms with E-state index in [4.69, 9.17) is 0 Å². The Balaban J connectivity index is 0.000000673. The van der Waals surface area contributed by atoms with Crippen LogP contribution in [-0.4, -0.2) is 20.4 Å². The van der Waals surface area contributed by atoms with Crippen LogP contribution >= 0.6 is 46.3 Å². The van der Waals surface area contributed by atoms with E-state index in [-0.39, 0.29) is 5.75 Å². The number of rotatable bonds is 8. The Kier molecular flexibility index (Phi) is 13.0. The molecule has 0 saturated carbocycles. The van der Waals surface area contributed by atoms with E-state index >= 15 is 0 Å². The van der Waals surface area contributed by atoms with E-state index < -0.39 is 0 Å². The number of nitrogens with one attached hydrogen (secondary N) is 3. The highest BCUT2D eigenvalue weighted by Crippen LogP contribution is 2.41. The lowest BCUT2D eigenvalue weighted by molar-refractivity contribution is 0.469. The van der Waals surface area contributed by atoms with Crippen LogP contribution in [0.25, 0.3) is 0 Å². The van der Waals surface area contributed by atoms with Gasteiger partial charge in [-0.2, -0.15) is 8.75 Å². The van der Waals surface area contributed by atoms with Crippen molar-refractivity contribution in [2.45, 2.75) is 59.2 Å². The first kappa shape index (κ1) is 26.7. The molecular formula is C20H33N5OS4. The zero-order chi connectivity index (χ0) is 22.5. The van der Waals surface area contributed by atoms with E-state index in [1.165, 1.54) is 33.0 Å². The summed E-state index contributed by atoms with van der Waals surface area (Å²) < 4.78 is 12.5. The van der Waals surface area contributed by atoms with Crippen molar-refractivity contribution in [3.8, 4) is 5.75 Å². The van der Waals surface area contributed by atoms with Crippen molar-refractivity contribution >= 4 is 63.7 Å². The molecule has 0 spiro atoms. The van der Waals surface area contributed by atoms with Gasteiger partial charge in [0, 0.05) is 21.7 Å². The van der Waals surface area contributed by atoms with Crippen LogP contribution in [0.1, 0.15) is 51.3 Å². The predicted octanol–water partition coefficient (Wildman–Crippen LogP) is 7.34. The van der Waals surface area contributed by atoms with Crippen molar-refractivity contribution in [1.29, 1.82) is 0 Å². The van der Waals surface area contributed by atoms with E-state index in [0.717, 1.165) is 28.4 Å². The number of thiophene rings is 2. The summed E-state index contributed by atoms with van der Waals surface area (Å²) in [6, 6.07) is 4.21. The van der Waals surface area contributed by atoms with Crippen molar-refractivity contribution in [3.63, 3.8) is 0 Å². The molecule has 3 aromatic heterocycles. The number of hydrogen-bond acceptors (Lipinski definition) is 10. The molecule has 30 heavy (non-hydrogen) atoms. The van der Waals surface area contributed by atoms with Gasteiger partial charge in [0.15, 0.2) is 17.4 Å². The van der Waals surface area contributed by atoms with Crippen LogP contribution in [0.3, 0.4) is 0 Å². The predicted molar refractivity (Wildman–Crippen MR) is 137 cm³/mol. The van der Waals surface area contributed by atoms with E-state index in [2.05, 4.69) is 63.9 Å². The van der Waals surface area contributed by atoms with Gasteiger partial charge in [-0.15, -0.1) is 22.7 Å². The Morgan fingerprint density at radius 2 is 1.80 bits per heavy atom. The van der Waals surface area contributed by atoms with Gasteiger partial charge in [0.2, 0.25) is 0 Å². The summed E-state index contributed by atoms with van der Waals surface area (Å²) in [5.41, 5.74) is 0.642. The zero-order valence-corrected chi connectivity index (χ0v) is 22.0. The summed E-state index contributed by atoms with van der Waals surface area (Å²) in [5.74, 6) is 2.39. The number of aromatic nitrogens is 2. The normalized spacial score (nSPS) is 10.1. The molecule has 3 aromatic rings. The number of nitrogens with zero attached hydrogens (tertiary/aromatic N) is 2. The Hall–Kier alpha value is -1.33. The molecule has 0 aliphatic carbocycles. The van der Waals surface area contributed by atoms with Gasteiger partial charge in [0.05, 0.1) is 24.0 Å². The molecule has 0 unspecified atom stereocenters. The minimum atomic E-state index is 0.235. The molecule has 4 N–H and O–H groups in total. The Bertz CT molecular complexity index is 841. The number of aromatic hydroxyl groups is 1. The van der Waals surface area contributed by atoms with Crippen molar-refractivity contribution in [3.05, 3.63) is 27.3 Å². The molecule has 0 aliphatic rings. The number of hydrogen-bond donors (Lipinski definition) is 4. The second-order valence-electron chi connectivity index (χ2n) is 6.57. The smallest absolute Gasteiger partial charge is 0.188 e. The highest BCUT2D eigenvalue weighted by Gasteiger charge is 2.15. The quantitative estimate of drug-likeness (QED) is 0.247. The molecule has 168 valence electrons. The van der Waals surface area contributed by atoms with Crippen LogP contribution < -0.4 is 15.4 Å². The average molecular weight is 488 g/mol. The Labute approximate surface area is 197 Å². The van der Waals surface area contributed by atoms with E-state index in [0.29, 0.717) is 23.9 Å². The van der Waals surface area contributed by atoms with E-state index in [9.17, 15) is 5.11 Å². The van der Waals surface area contributed by atoms with E-state index in [1.807, 2.05) is 26.2 Å². The maximum atomic E-state index is 10.3. The molecule has 10 heteroatoms. The molecule has 0 bridgehead atoms. The first-order valence-corrected chi connectivity index (χ1v) is 13.2. The van der Waals surface area contributed by atoms with Crippen molar-refractivity contribution in [1.82, 2.24) is 13.5 Å². The van der Waals surface area contributed by atoms with Crippen LogP contribution in [0.15, 0.2) is 21.7 Å². The maximum absolute atomic E-state index is 10.3. The molecule has 0 radical (unpaired) electrons. The Morgan fingerprint density at radius 3 is 2.40 bits per heavy atom. The summed E-state index contributed by atoms with van der Waals surface area (Å²) in [5, 5.41) is 18.6. The molecule has 0 amide bonds. The van der Waals surface area contributed by atoms with Gasteiger partial charge in [0.25, 0.3) is 0 Å². The zero-order valence-electron chi connectivity index (χ0n) is 18.7. The molecule has 3 rings (SSSR count). The average Bonchev–Trinajstić information content (AvgIpc) is 3.42. The van der Waals surface area contributed by atoms with Crippen LogP contribution in [0, 0.1) is 12.8 Å². The summed E-state index contributed by atoms with van der Waals surface area (Å²) in [6.45, 7) is 16.1. The largest absolute Gasteiger partial charge is 0.504 e. The summed E-state index contributed by atoms with van der Waals surface area (Å²) in [7, 11) is 0. The van der Waals surface area contributed by atoms with Gasteiger partial charge in [-0.25, -0.2) is 0 Å². The van der Waals surface area contributed by atoms with Gasteiger partial charge in [-0.05, 0) is 36.9 Å². The first-order chi connectivity index (χ1) is 14.4. The van der Waals surface area contributed by atoms with Crippen molar-refractivity contribution in [2.75, 3.05) is 17.2 Å². The lowest BCUT2D eigenvalue weighted by atomic mass is 10.3. The third-order valence-electron chi connectivity index (χ3n) is 3.01. The third-order valence-corrected chi connectivity index (χ3v) is 6.65. The fourth-order valence-corrected chi connectivity index (χ4v) is 4.83. The van der Waals surface area contributed by atoms with Crippen LogP contribution in [0.2, 0.25) is 0 Å². The molecule has 0 fully saturated rings. The Morgan fingerprint density at radius 1 is 1.13 bits per heavy atom. The molecule has 3 heterocycles. The monoisotopic (exact) mass is 487 g/mol. The van der Waals surface area contributed by atoms with Gasteiger partial charge in [-0.3, -0.25) is 4.72 Å². The molecule has 0 saturated heterocycles. The second kappa shape index (κ2) is 14.6. The minimum Gasteiger partial charge on any atom is -0.504 e. The van der Waals surface area contributed by atoms with Crippen molar-refractivity contribution < 1.29 is 5.11 Å². The van der Waals surface area contributed by atoms with Crippen LogP contribution in [-0.2, 0) is 6.54 Å². The fraction of sp³-hybridized carbons (Fsp3) is 0.500. The summed E-state index contributed by atoms with van der Waals surface area (Å²) in [4.78, 5) is 2.53. The van der Waals surface area contributed by atoms with Gasteiger partial charge >= 0.3 is 0 Å². The summed E-state index contributed by atoms with van der Waals surface area (Å²) >= 11 is 5.80. The highest BCUT2D eigenvalue weighted by atomic mass is 32.2. The topological polar surface area (TPSA) is 82.1 Å². The molecule has 0 aliphatic heterocycles. The molecular weight excluding hydrogens is 455 g/mol. The van der Waals surface area contributed by atoms with Gasteiger partial charge < -0.3 is 15.7 Å². The van der Waals surface area contributed by atoms with Crippen LogP contribution in [0.4, 0.5) is 17.3 Å². The lowest BCUT2D eigenvalue weighted by Crippen LogP contribution is -2.01. The lowest BCUT2D eigenvalue weighted by Gasteiger charge is -2.06. The van der Waals surface area contributed by atoms with Gasteiger partial charge in [-0.1, -0.05) is 41.5 Å². The molecule has 0 aromatic carbocycles. The van der Waals surface area contributed by atoms with E-state index in [1.54, 1.807) is 11.3 Å². The fourth-order valence-electron chi connectivity index (χ4n) is 1.90. The summed E-state index contributed by atoms with van der Waals surface area (Å²) in [6.07, 6.45) is 0. The van der Waals surface area contributed by atoms with Gasteiger partial charge in [0.1, 0.15) is 4.21 Å². The standard InChI is InChI=1S/C14H17N5OS4.C4H10.C2H6/c1-3-16-23-14-11(20)10(7-21-14)17-13-12(18-24-19-13)15-6-9-5-4-8(2)22-9;1-4(2)3;1-2/h4-5,7,16,20H,3,6H2,1-2H3,(H,15,18)(H,17,19);4H,1-3H3;1-2H3. The molecule has 0 atom stereocenters. The van der Waals surface area contributed by atoms with Crippen LogP contribution in [0.5, 0.6) is 5.75 Å². The second-order valence-corrected chi connectivity index (χ2v) is 10.5. The third kappa shape index (κ3) is 9.22. The maximum Gasteiger partial charge on any atom is 0.188 e. The highest BCUT2D eigenvalue weighted by molar-refractivity contribution is 7.99. The minimum absolute atomic E-state index is 0.235. The first-order valence-electron chi connectivity index (χ1n) is 9.99. The SMILES string of the molecule is CC.CC(C)C.CCNSc1scc(Nc2nsnc2NCc2ccc(C)s2)c1O. The van der Waals surface area contributed by atoms with Crippen molar-refractivity contribution in [2.24, 2.45) is 5.92 Å². The number of anilines is 3. The molecule has 6 nitrogen and oxygen atoms in total. The number of aryl methyl sites for hydroxylation is 1.